The lowest BCUT2D eigenvalue weighted by Gasteiger charge is -2.10. The monoisotopic (exact) mass is 306 g/mol. The van der Waals surface area contributed by atoms with Crippen LogP contribution in [0.4, 0.5) is 5.69 Å². The van der Waals surface area contributed by atoms with E-state index >= 15 is 0 Å². The summed E-state index contributed by atoms with van der Waals surface area (Å²) in [6, 6.07) is 7.67. The smallest absolute Gasteiger partial charge is 0.296 e. The predicted octanol–water partition coefficient (Wildman–Crippen LogP) is 2.20. The quantitative estimate of drug-likeness (QED) is 0.847. The molecule has 1 amide bonds. The third kappa shape index (κ3) is 3.45. The lowest BCUT2D eigenvalue weighted by molar-refractivity contribution is 0.102. The van der Waals surface area contributed by atoms with Crippen LogP contribution in [0.1, 0.15) is 21.6 Å². The number of pyridine rings is 1. The molecule has 1 heterocycles. The number of carbonyl (C=O) groups excluding carboxylic acids is 1. The fourth-order valence-corrected chi connectivity index (χ4v) is 2.50. The molecule has 0 atom stereocenters. The van der Waals surface area contributed by atoms with Gasteiger partial charge in [-0.05, 0) is 43.2 Å². The summed E-state index contributed by atoms with van der Waals surface area (Å²) in [6.45, 7) is 3.47. The van der Waals surface area contributed by atoms with Crippen molar-refractivity contribution in [1.29, 1.82) is 0 Å². The number of nitrogens with zero attached hydrogens (tertiary/aromatic N) is 1. The molecule has 0 spiro atoms. The minimum absolute atomic E-state index is 0.0209. The Morgan fingerprint density at radius 2 is 1.95 bits per heavy atom. The van der Waals surface area contributed by atoms with Crippen molar-refractivity contribution in [3.8, 4) is 0 Å². The largest absolute Gasteiger partial charge is 0.319 e. The van der Waals surface area contributed by atoms with Crippen LogP contribution < -0.4 is 5.32 Å². The molecule has 0 unspecified atom stereocenters. The van der Waals surface area contributed by atoms with Crippen LogP contribution in [0.2, 0.25) is 0 Å². The zero-order chi connectivity index (χ0) is 15.6. The molecule has 7 heteroatoms. The van der Waals surface area contributed by atoms with E-state index in [9.17, 15) is 17.8 Å². The second-order valence-electron chi connectivity index (χ2n) is 4.60. The highest BCUT2D eigenvalue weighted by molar-refractivity contribution is 7.86. The maximum atomic E-state index is 12.2. The average Bonchev–Trinajstić information content (AvgIpc) is 2.37. The Kier molecular flexibility index (Phi) is 4.06. The van der Waals surface area contributed by atoms with Gasteiger partial charge in [0.2, 0.25) is 0 Å². The third-order valence-corrected chi connectivity index (χ3v) is 3.80. The van der Waals surface area contributed by atoms with Crippen molar-refractivity contribution < 1.29 is 17.8 Å². The molecular formula is C14H14N2O4S. The Labute approximate surface area is 122 Å². The van der Waals surface area contributed by atoms with Crippen LogP contribution in [0.25, 0.3) is 0 Å². The highest BCUT2D eigenvalue weighted by atomic mass is 32.2. The first-order valence-electron chi connectivity index (χ1n) is 6.10. The number of aryl methyl sites for hydroxylation is 2. The van der Waals surface area contributed by atoms with Crippen molar-refractivity contribution in [2.45, 2.75) is 18.7 Å². The van der Waals surface area contributed by atoms with Crippen molar-refractivity contribution in [3.05, 3.63) is 53.3 Å². The van der Waals surface area contributed by atoms with Gasteiger partial charge in [-0.3, -0.25) is 14.3 Å². The molecule has 0 saturated carbocycles. The maximum absolute atomic E-state index is 12.2. The zero-order valence-electron chi connectivity index (χ0n) is 11.5. The lowest BCUT2D eigenvalue weighted by atomic mass is 10.2. The van der Waals surface area contributed by atoms with Gasteiger partial charge in [0.25, 0.3) is 16.0 Å². The highest BCUT2D eigenvalue weighted by Crippen LogP contribution is 2.23. The van der Waals surface area contributed by atoms with E-state index in [1.54, 1.807) is 26.0 Å². The van der Waals surface area contributed by atoms with Gasteiger partial charge in [0.15, 0.2) is 0 Å². The second-order valence-corrected chi connectivity index (χ2v) is 5.99. The number of rotatable bonds is 3. The first kappa shape index (κ1) is 15.1. The number of anilines is 1. The van der Waals surface area contributed by atoms with Crippen LogP contribution in [-0.4, -0.2) is 23.9 Å². The van der Waals surface area contributed by atoms with E-state index in [0.29, 0.717) is 5.56 Å². The molecule has 0 saturated heterocycles. The van der Waals surface area contributed by atoms with Crippen LogP contribution in [0.3, 0.4) is 0 Å². The topological polar surface area (TPSA) is 96.4 Å². The molecule has 21 heavy (non-hydrogen) atoms. The first-order valence-corrected chi connectivity index (χ1v) is 7.54. The predicted molar refractivity (Wildman–Crippen MR) is 77.9 cm³/mol. The van der Waals surface area contributed by atoms with E-state index in [2.05, 4.69) is 10.3 Å². The number of nitrogens with one attached hydrogen (secondary N) is 1. The summed E-state index contributed by atoms with van der Waals surface area (Å²) in [6.07, 6.45) is 1.47. The Hall–Kier alpha value is -2.25. The molecule has 0 aliphatic carbocycles. The van der Waals surface area contributed by atoms with Gasteiger partial charge in [-0.2, -0.15) is 8.42 Å². The van der Waals surface area contributed by atoms with E-state index in [1.807, 2.05) is 0 Å². The maximum Gasteiger partial charge on any atom is 0.296 e. The van der Waals surface area contributed by atoms with Gasteiger partial charge >= 0.3 is 0 Å². The number of aromatic nitrogens is 1. The van der Waals surface area contributed by atoms with Gasteiger partial charge in [0.1, 0.15) is 10.6 Å². The lowest BCUT2D eigenvalue weighted by Crippen LogP contribution is -2.17. The zero-order valence-corrected chi connectivity index (χ0v) is 12.3. The molecule has 0 aliphatic heterocycles. The molecule has 110 valence electrons. The standard InChI is InChI=1S/C14H14N2O4S/c1-9-5-6-12(21(18,19)20)11(8-9)16-14(17)13-10(2)4-3-7-15-13/h3-8H,1-2H3,(H,16,17)(H,18,19,20). The summed E-state index contributed by atoms with van der Waals surface area (Å²) in [4.78, 5) is 15.8. The van der Waals surface area contributed by atoms with Crippen molar-refractivity contribution in [2.24, 2.45) is 0 Å². The van der Waals surface area contributed by atoms with Crippen LogP contribution in [-0.2, 0) is 10.1 Å². The average molecular weight is 306 g/mol. The highest BCUT2D eigenvalue weighted by Gasteiger charge is 2.19. The minimum Gasteiger partial charge on any atom is -0.319 e. The van der Waals surface area contributed by atoms with Crippen molar-refractivity contribution in [2.75, 3.05) is 5.32 Å². The van der Waals surface area contributed by atoms with E-state index in [1.165, 1.54) is 24.4 Å². The van der Waals surface area contributed by atoms with E-state index in [4.69, 9.17) is 0 Å². The molecule has 6 nitrogen and oxygen atoms in total. The molecule has 2 aromatic rings. The summed E-state index contributed by atoms with van der Waals surface area (Å²) in [5.74, 6) is -0.538. The Morgan fingerprint density at radius 3 is 2.57 bits per heavy atom. The summed E-state index contributed by atoms with van der Waals surface area (Å²) >= 11 is 0. The molecule has 2 N–H and O–H groups in total. The Bertz CT molecular complexity index is 800. The van der Waals surface area contributed by atoms with Crippen LogP contribution in [0.15, 0.2) is 41.4 Å². The second kappa shape index (κ2) is 5.63. The van der Waals surface area contributed by atoms with Gasteiger partial charge in [0.05, 0.1) is 5.69 Å². The third-order valence-electron chi connectivity index (χ3n) is 2.89. The van der Waals surface area contributed by atoms with E-state index in [0.717, 1.165) is 5.56 Å². The van der Waals surface area contributed by atoms with Crippen LogP contribution in [0, 0.1) is 13.8 Å². The van der Waals surface area contributed by atoms with Crippen molar-refractivity contribution in [3.63, 3.8) is 0 Å². The van der Waals surface area contributed by atoms with Crippen LogP contribution >= 0.6 is 0 Å². The van der Waals surface area contributed by atoms with Gasteiger partial charge in [0, 0.05) is 6.20 Å². The minimum atomic E-state index is -4.42. The Morgan fingerprint density at radius 1 is 1.24 bits per heavy atom. The fourth-order valence-electron chi connectivity index (χ4n) is 1.87. The number of hydrogen-bond acceptors (Lipinski definition) is 4. The summed E-state index contributed by atoms with van der Waals surface area (Å²) < 4.78 is 31.9. The van der Waals surface area contributed by atoms with E-state index in [-0.39, 0.29) is 16.3 Å². The van der Waals surface area contributed by atoms with Gasteiger partial charge in [-0.25, -0.2) is 0 Å². The van der Waals surface area contributed by atoms with Gasteiger partial charge < -0.3 is 5.32 Å². The van der Waals surface area contributed by atoms with E-state index < -0.39 is 16.0 Å². The molecule has 2 rings (SSSR count). The molecule has 0 radical (unpaired) electrons. The molecule has 0 fully saturated rings. The molecular weight excluding hydrogens is 292 g/mol. The molecule has 0 aliphatic rings. The number of amides is 1. The number of carbonyl (C=O) groups is 1. The summed E-state index contributed by atoms with van der Waals surface area (Å²) in [5, 5.41) is 2.47. The summed E-state index contributed by atoms with van der Waals surface area (Å²) in [7, 11) is -4.42. The fraction of sp³-hybridized carbons (Fsp3) is 0.143. The van der Waals surface area contributed by atoms with Gasteiger partial charge in [-0.1, -0.05) is 12.1 Å². The van der Waals surface area contributed by atoms with Crippen molar-refractivity contribution >= 4 is 21.7 Å². The van der Waals surface area contributed by atoms with Crippen LogP contribution in [0.5, 0.6) is 0 Å². The molecule has 1 aromatic carbocycles. The molecule has 1 aromatic heterocycles. The number of benzene rings is 1. The first-order chi connectivity index (χ1) is 9.79. The van der Waals surface area contributed by atoms with Gasteiger partial charge in [-0.15, -0.1) is 0 Å². The normalized spacial score (nSPS) is 11.2. The SMILES string of the molecule is Cc1ccc(S(=O)(=O)O)c(NC(=O)c2ncccc2C)c1. The molecule has 0 bridgehead atoms. The Balaban J connectivity index is 2.43. The van der Waals surface area contributed by atoms with Crippen molar-refractivity contribution in [1.82, 2.24) is 4.98 Å². The number of hydrogen-bond donors (Lipinski definition) is 2. The summed E-state index contributed by atoms with van der Waals surface area (Å²) in [5.41, 5.74) is 1.62.